The van der Waals surface area contributed by atoms with E-state index in [0.29, 0.717) is 17.1 Å². The molecule has 2 aliphatic rings. The number of rotatable bonds is 3. The fourth-order valence-corrected chi connectivity index (χ4v) is 3.59. The molecule has 0 saturated carbocycles. The van der Waals surface area contributed by atoms with Gasteiger partial charge in [-0.3, -0.25) is 29.1 Å². The standard InChI is InChI=1S/C21H20N4O4/c1-13-7-9-15(10-8-13)25-14(2)20(28)24(21(25)29)12-19(27)23-11-18(26)22-16-5-3-4-6-17(16)23/h3-10,14H,11-12H2,1-2H3,(H,22,26)/t14-/m0/s1. The molecule has 2 aromatic carbocycles. The molecular formula is C21H20N4O4. The number of benzene rings is 2. The molecule has 29 heavy (non-hydrogen) atoms. The normalized spacial score (nSPS) is 18.8. The van der Waals surface area contributed by atoms with Crippen LogP contribution in [0.3, 0.4) is 0 Å². The molecular weight excluding hydrogens is 372 g/mol. The van der Waals surface area contributed by atoms with Gasteiger partial charge in [0, 0.05) is 5.69 Å². The molecule has 0 aliphatic carbocycles. The number of carbonyl (C=O) groups excluding carboxylic acids is 4. The number of anilines is 3. The molecule has 2 aromatic rings. The monoisotopic (exact) mass is 392 g/mol. The van der Waals surface area contributed by atoms with Gasteiger partial charge in [-0.2, -0.15) is 0 Å². The minimum absolute atomic E-state index is 0.163. The maximum atomic E-state index is 12.9. The summed E-state index contributed by atoms with van der Waals surface area (Å²) in [5, 5.41) is 2.71. The van der Waals surface area contributed by atoms with Crippen molar-refractivity contribution in [3.05, 3.63) is 54.1 Å². The molecule has 1 N–H and O–H groups in total. The molecule has 2 heterocycles. The summed E-state index contributed by atoms with van der Waals surface area (Å²) in [7, 11) is 0. The lowest BCUT2D eigenvalue weighted by atomic mass is 10.2. The second-order valence-corrected chi connectivity index (χ2v) is 7.13. The van der Waals surface area contributed by atoms with Crippen LogP contribution in [-0.2, 0) is 14.4 Å². The summed E-state index contributed by atoms with van der Waals surface area (Å²) < 4.78 is 0. The Morgan fingerprint density at radius 3 is 2.48 bits per heavy atom. The van der Waals surface area contributed by atoms with Crippen molar-refractivity contribution in [1.29, 1.82) is 0 Å². The summed E-state index contributed by atoms with van der Waals surface area (Å²) in [6, 6.07) is 12.9. The number of imide groups is 1. The number of nitrogens with zero attached hydrogens (tertiary/aromatic N) is 3. The predicted octanol–water partition coefficient (Wildman–Crippen LogP) is 2.14. The van der Waals surface area contributed by atoms with E-state index in [-0.39, 0.29) is 12.5 Å². The van der Waals surface area contributed by atoms with Gasteiger partial charge in [0.25, 0.3) is 5.91 Å². The number of para-hydroxylation sites is 2. The van der Waals surface area contributed by atoms with Crippen molar-refractivity contribution >= 4 is 40.8 Å². The van der Waals surface area contributed by atoms with E-state index in [2.05, 4.69) is 5.32 Å². The number of nitrogens with one attached hydrogen (secondary N) is 1. The van der Waals surface area contributed by atoms with Gasteiger partial charge in [-0.1, -0.05) is 29.8 Å². The highest BCUT2D eigenvalue weighted by molar-refractivity contribution is 6.17. The van der Waals surface area contributed by atoms with Crippen LogP contribution in [0.5, 0.6) is 0 Å². The lowest BCUT2D eigenvalue weighted by Gasteiger charge is -2.30. The van der Waals surface area contributed by atoms with Gasteiger partial charge in [-0.05, 0) is 38.1 Å². The maximum Gasteiger partial charge on any atom is 0.332 e. The van der Waals surface area contributed by atoms with Crippen molar-refractivity contribution in [1.82, 2.24) is 4.90 Å². The Labute approximate surface area is 167 Å². The smallest absolute Gasteiger partial charge is 0.323 e. The third-order valence-corrected chi connectivity index (χ3v) is 5.12. The lowest BCUT2D eigenvalue weighted by Crippen LogP contribution is -2.48. The molecule has 148 valence electrons. The van der Waals surface area contributed by atoms with Gasteiger partial charge >= 0.3 is 6.03 Å². The Kier molecular flexibility index (Phi) is 4.54. The van der Waals surface area contributed by atoms with E-state index >= 15 is 0 Å². The third kappa shape index (κ3) is 3.22. The summed E-state index contributed by atoms with van der Waals surface area (Å²) >= 11 is 0. The maximum absolute atomic E-state index is 12.9. The van der Waals surface area contributed by atoms with E-state index in [9.17, 15) is 19.2 Å². The highest BCUT2D eigenvalue weighted by Crippen LogP contribution is 2.30. The van der Waals surface area contributed by atoms with Crippen LogP contribution < -0.4 is 15.1 Å². The highest BCUT2D eigenvalue weighted by atomic mass is 16.2. The van der Waals surface area contributed by atoms with Gasteiger partial charge < -0.3 is 5.32 Å². The average Bonchev–Trinajstić information content (AvgIpc) is 2.91. The average molecular weight is 392 g/mol. The quantitative estimate of drug-likeness (QED) is 0.811. The van der Waals surface area contributed by atoms with E-state index in [4.69, 9.17) is 0 Å². The van der Waals surface area contributed by atoms with Crippen molar-refractivity contribution in [2.45, 2.75) is 19.9 Å². The van der Waals surface area contributed by atoms with Gasteiger partial charge in [-0.25, -0.2) is 4.79 Å². The molecule has 8 nitrogen and oxygen atoms in total. The topological polar surface area (TPSA) is 90.0 Å². The first kappa shape index (κ1) is 18.7. The number of carbonyl (C=O) groups is 4. The van der Waals surface area contributed by atoms with Crippen LogP contribution in [0.1, 0.15) is 12.5 Å². The number of amides is 5. The molecule has 0 aromatic heterocycles. The summed E-state index contributed by atoms with van der Waals surface area (Å²) in [4.78, 5) is 54.1. The molecule has 1 fully saturated rings. The summed E-state index contributed by atoms with van der Waals surface area (Å²) in [6.07, 6.45) is 0. The van der Waals surface area contributed by atoms with Crippen molar-refractivity contribution in [2.24, 2.45) is 0 Å². The van der Waals surface area contributed by atoms with Gasteiger partial charge in [0.05, 0.1) is 11.4 Å². The molecule has 1 saturated heterocycles. The first-order chi connectivity index (χ1) is 13.9. The SMILES string of the molecule is Cc1ccc(N2C(=O)N(CC(=O)N3CC(=O)Nc4ccccc43)C(=O)[C@@H]2C)cc1. The molecule has 0 radical (unpaired) electrons. The van der Waals surface area contributed by atoms with Crippen molar-refractivity contribution in [3.8, 4) is 0 Å². The lowest BCUT2D eigenvalue weighted by molar-refractivity contribution is -0.131. The van der Waals surface area contributed by atoms with Crippen molar-refractivity contribution < 1.29 is 19.2 Å². The molecule has 1 atom stereocenters. The summed E-state index contributed by atoms with van der Waals surface area (Å²) in [5.41, 5.74) is 2.69. The van der Waals surface area contributed by atoms with Crippen LogP contribution in [0.2, 0.25) is 0 Å². The minimum Gasteiger partial charge on any atom is -0.323 e. The van der Waals surface area contributed by atoms with Gasteiger partial charge in [0.2, 0.25) is 11.8 Å². The first-order valence-corrected chi connectivity index (χ1v) is 9.27. The van der Waals surface area contributed by atoms with Crippen LogP contribution in [0.15, 0.2) is 48.5 Å². The second-order valence-electron chi connectivity index (χ2n) is 7.13. The number of hydrogen-bond donors (Lipinski definition) is 1. The number of urea groups is 1. The van der Waals surface area contributed by atoms with E-state index in [1.165, 1.54) is 9.80 Å². The molecule has 2 aliphatic heterocycles. The Morgan fingerprint density at radius 1 is 1.07 bits per heavy atom. The largest absolute Gasteiger partial charge is 0.332 e. The van der Waals surface area contributed by atoms with Gasteiger partial charge in [0.15, 0.2) is 0 Å². The minimum atomic E-state index is -0.713. The van der Waals surface area contributed by atoms with Crippen molar-refractivity contribution in [3.63, 3.8) is 0 Å². The zero-order valence-corrected chi connectivity index (χ0v) is 16.1. The summed E-state index contributed by atoms with van der Waals surface area (Å²) in [5.74, 6) is -1.27. The van der Waals surface area contributed by atoms with Crippen LogP contribution in [-0.4, -0.2) is 47.8 Å². The fraction of sp³-hybridized carbons (Fsp3) is 0.238. The van der Waals surface area contributed by atoms with E-state index in [1.54, 1.807) is 43.3 Å². The molecule has 0 bridgehead atoms. The number of fused-ring (bicyclic) bond motifs is 1. The third-order valence-electron chi connectivity index (χ3n) is 5.12. The predicted molar refractivity (Wildman–Crippen MR) is 108 cm³/mol. The first-order valence-electron chi connectivity index (χ1n) is 9.27. The zero-order valence-electron chi connectivity index (χ0n) is 16.1. The number of hydrogen-bond acceptors (Lipinski definition) is 4. The zero-order chi connectivity index (χ0) is 20.7. The highest BCUT2D eigenvalue weighted by Gasteiger charge is 2.44. The van der Waals surface area contributed by atoms with Crippen LogP contribution in [0.25, 0.3) is 0 Å². The Morgan fingerprint density at radius 2 is 1.76 bits per heavy atom. The van der Waals surface area contributed by atoms with Crippen LogP contribution in [0, 0.1) is 6.92 Å². The number of aryl methyl sites for hydroxylation is 1. The Hall–Kier alpha value is -3.68. The van der Waals surface area contributed by atoms with Crippen molar-refractivity contribution in [2.75, 3.05) is 28.2 Å². The summed E-state index contributed by atoms with van der Waals surface area (Å²) in [6.45, 7) is 2.98. The molecule has 4 rings (SSSR count). The van der Waals surface area contributed by atoms with Crippen LogP contribution in [0.4, 0.5) is 21.9 Å². The van der Waals surface area contributed by atoms with E-state index in [1.807, 2.05) is 19.1 Å². The fourth-order valence-electron chi connectivity index (χ4n) is 3.59. The molecule has 5 amide bonds. The molecule has 0 spiro atoms. The molecule has 8 heteroatoms. The van der Waals surface area contributed by atoms with E-state index in [0.717, 1.165) is 10.5 Å². The van der Waals surface area contributed by atoms with Gasteiger partial charge in [0.1, 0.15) is 19.1 Å². The Bertz CT molecular complexity index is 1020. The molecule has 0 unspecified atom stereocenters. The van der Waals surface area contributed by atoms with Crippen LogP contribution >= 0.6 is 0 Å². The van der Waals surface area contributed by atoms with Gasteiger partial charge in [-0.15, -0.1) is 0 Å². The van der Waals surface area contributed by atoms with E-state index < -0.39 is 30.4 Å². The second kappa shape index (κ2) is 7.05. The Balaban J connectivity index is 1.57.